The molecule has 0 spiro atoms. The van der Waals surface area contributed by atoms with Crippen LogP contribution in [0.3, 0.4) is 0 Å². The number of hydrogen-bond donors (Lipinski definition) is 1. The predicted octanol–water partition coefficient (Wildman–Crippen LogP) is 3.53. The lowest BCUT2D eigenvalue weighted by molar-refractivity contribution is 0.470. The molecule has 1 aliphatic rings. The van der Waals surface area contributed by atoms with Crippen LogP contribution in [0.1, 0.15) is 11.5 Å². The molecule has 1 aliphatic heterocycles. The summed E-state index contributed by atoms with van der Waals surface area (Å²) in [6.07, 6.45) is 0. The molecule has 4 nitrogen and oxygen atoms in total. The van der Waals surface area contributed by atoms with E-state index in [4.69, 9.17) is 28.9 Å². The second-order valence-electron chi connectivity index (χ2n) is 5.58. The third-order valence-electron chi connectivity index (χ3n) is 4.09. The fourth-order valence-electron chi connectivity index (χ4n) is 2.83. The van der Waals surface area contributed by atoms with Crippen molar-refractivity contribution in [1.82, 2.24) is 4.31 Å². The minimum Gasteiger partial charge on any atom is -0.326 e. The van der Waals surface area contributed by atoms with Gasteiger partial charge >= 0.3 is 0 Å². The number of nitrogens with zero attached hydrogens (tertiary/aromatic N) is 1. The van der Waals surface area contributed by atoms with Gasteiger partial charge < -0.3 is 5.73 Å². The topological polar surface area (TPSA) is 63.4 Å². The van der Waals surface area contributed by atoms with Crippen LogP contribution in [0.25, 0.3) is 0 Å². The fraction of sp³-hybridized carbons (Fsp3) is 0.250. The Balaban J connectivity index is 0.00000208. The van der Waals surface area contributed by atoms with Gasteiger partial charge in [-0.25, -0.2) is 8.42 Å². The van der Waals surface area contributed by atoms with Gasteiger partial charge in [-0.05, 0) is 23.8 Å². The second-order valence-corrected chi connectivity index (χ2v) is 8.33. The maximum absolute atomic E-state index is 12.8. The van der Waals surface area contributed by atoms with E-state index >= 15 is 0 Å². The number of hydrogen-bond acceptors (Lipinski definition) is 3. The third-order valence-corrected chi connectivity index (χ3v) is 6.65. The molecule has 0 amide bonds. The van der Waals surface area contributed by atoms with E-state index in [1.807, 2.05) is 30.3 Å². The van der Waals surface area contributed by atoms with Crippen molar-refractivity contribution in [3.63, 3.8) is 0 Å². The molecule has 130 valence electrons. The van der Waals surface area contributed by atoms with Crippen LogP contribution in [0.2, 0.25) is 10.0 Å². The smallest absolute Gasteiger partial charge is 0.243 e. The number of nitrogens with two attached hydrogens (primary N) is 1. The van der Waals surface area contributed by atoms with Gasteiger partial charge in [-0.2, -0.15) is 4.31 Å². The van der Waals surface area contributed by atoms with Crippen LogP contribution in [-0.2, 0) is 10.0 Å². The summed E-state index contributed by atoms with van der Waals surface area (Å²) >= 11 is 11.8. The molecule has 0 radical (unpaired) electrons. The molecular formula is C16H17Cl3N2O2S. The van der Waals surface area contributed by atoms with Crippen LogP contribution < -0.4 is 5.73 Å². The van der Waals surface area contributed by atoms with E-state index in [1.54, 1.807) is 0 Å². The monoisotopic (exact) mass is 406 g/mol. The van der Waals surface area contributed by atoms with Crippen LogP contribution in [0.5, 0.6) is 0 Å². The Hall–Kier alpha value is -0.820. The summed E-state index contributed by atoms with van der Waals surface area (Å²) in [7, 11) is -3.64. The molecule has 1 heterocycles. The first-order valence-electron chi connectivity index (χ1n) is 7.15. The molecule has 0 saturated carbocycles. The molecule has 0 unspecified atom stereocenters. The molecule has 2 aromatic rings. The van der Waals surface area contributed by atoms with Crippen LogP contribution in [0.15, 0.2) is 53.4 Å². The van der Waals surface area contributed by atoms with Crippen molar-refractivity contribution in [2.45, 2.75) is 16.9 Å². The van der Waals surface area contributed by atoms with Crippen LogP contribution in [0.4, 0.5) is 0 Å². The van der Waals surface area contributed by atoms with E-state index in [-0.39, 0.29) is 40.8 Å². The first kappa shape index (κ1) is 19.5. The first-order valence-corrected chi connectivity index (χ1v) is 9.35. The van der Waals surface area contributed by atoms with E-state index < -0.39 is 10.0 Å². The van der Waals surface area contributed by atoms with Gasteiger partial charge in [0, 0.05) is 25.0 Å². The maximum Gasteiger partial charge on any atom is 0.243 e. The lowest BCUT2D eigenvalue weighted by Crippen LogP contribution is -2.32. The highest BCUT2D eigenvalue weighted by molar-refractivity contribution is 7.89. The van der Waals surface area contributed by atoms with Gasteiger partial charge in [0.1, 0.15) is 0 Å². The summed E-state index contributed by atoms with van der Waals surface area (Å²) in [6, 6.07) is 13.8. The third kappa shape index (κ3) is 3.72. The Morgan fingerprint density at radius 3 is 2.29 bits per heavy atom. The van der Waals surface area contributed by atoms with E-state index in [9.17, 15) is 8.42 Å². The predicted molar refractivity (Wildman–Crippen MR) is 99.6 cm³/mol. The molecule has 0 aromatic heterocycles. The number of rotatable bonds is 3. The maximum atomic E-state index is 12.8. The molecule has 2 atom stereocenters. The summed E-state index contributed by atoms with van der Waals surface area (Å²) in [4.78, 5) is 0.132. The normalized spacial score (nSPS) is 21.5. The molecule has 2 N–H and O–H groups in total. The highest BCUT2D eigenvalue weighted by atomic mass is 35.5. The van der Waals surface area contributed by atoms with Crippen LogP contribution in [0, 0.1) is 0 Å². The Morgan fingerprint density at radius 1 is 1.00 bits per heavy atom. The average Bonchev–Trinajstić information content (AvgIpc) is 2.93. The van der Waals surface area contributed by atoms with Crippen molar-refractivity contribution in [3.05, 3.63) is 64.1 Å². The van der Waals surface area contributed by atoms with Gasteiger partial charge in [-0.15, -0.1) is 12.4 Å². The van der Waals surface area contributed by atoms with Crippen molar-refractivity contribution >= 4 is 45.6 Å². The first-order chi connectivity index (χ1) is 10.9. The number of sulfonamides is 1. The molecule has 1 saturated heterocycles. The van der Waals surface area contributed by atoms with E-state index in [0.717, 1.165) is 5.56 Å². The Bertz CT molecular complexity index is 815. The summed E-state index contributed by atoms with van der Waals surface area (Å²) in [6.45, 7) is 0.635. The standard InChI is InChI=1S/C16H16Cl2N2O2S.ClH/c17-14-7-6-12(8-15(14)18)23(21,22)20-9-13(16(19)10-20)11-4-2-1-3-5-11;/h1-8,13,16H,9-10,19H2;1H/t13-,16+;/m0./s1. The highest BCUT2D eigenvalue weighted by Gasteiger charge is 2.38. The fourth-order valence-corrected chi connectivity index (χ4v) is 4.72. The zero-order valence-electron chi connectivity index (χ0n) is 12.6. The minimum atomic E-state index is -3.64. The van der Waals surface area contributed by atoms with Crippen molar-refractivity contribution < 1.29 is 8.42 Å². The van der Waals surface area contributed by atoms with Gasteiger partial charge in [0.05, 0.1) is 14.9 Å². The molecule has 8 heteroatoms. The summed E-state index contributed by atoms with van der Waals surface area (Å²) in [5.74, 6) is -0.0197. The summed E-state index contributed by atoms with van der Waals surface area (Å²) in [5, 5.41) is 0.543. The molecule has 1 fully saturated rings. The van der Waals surface area contributed by atoms with Crippen LogP contribution in [-0.4, -0.2) is 31.9 Å². The molecule has 2 aromatic carbocycles. The largest absolute Gasteiger partial charge is 0.326 e. The van der Waals surface area contributed by atoms with Crippen molar-refractivity contribution in [1.29, 1.82) is 0 Å². The van der Waals surface area contributed by atoms with Crippen LogP contribution >= 0.6 is 35.6 Å². The van der Waals surface area contributed by atoms with E-state index in [0.29, 0.717) is 11.6 Å². The van der Waals surface area contributed by atoms with Crippen molar-refractivity contribution in [3.8, 4) is 0 Å². The Kier molecular flexibility index (Phi) is 6.18. The highest BCUT2D eigenvalue weighted by Crippen LogP contribution is 2.32. The lowest BCUT2D eigenvalue weighted by atomic mass is 9.95. The van der Waals surface area contributed by atoms with Crippen molar-refractivity contribution in [2.75, 3.05) is 13.1 Å². The SMILES string of the molecule is Cl.N[C@@H]1CN(S(=O)(=O)c2ccc(Cl)c(Cl)c2)C[C@H]1c1ccccc1. The van der Waals surface area contributed by atoms with Crippen molar-refractivity contribution in [2.24, 2.45) is 5.73 Å². The van der Waals surface area contributed by atoms with Gasteiger partial charge in [0.2, 0.25) is 10.0 Å². The number of halogens is 3. The second kappa shape index (κ2) is 7.60. The van der Waals surface area contributed by atoms with E-state index in [1.165, 1.54) is 22.5 Å². The van der Waals surface area contributed by atoms with E-state index in [2.05, 4.69) is 0 Å². The zero-order valence-corrected chi connectivity index (χ0v) is 15.7. The quantitative estimate of drug-likeness (QED) is 0.846. The molecule has 3 rings (SSSR count). The average molecular weight is 408 g/mol. The molecular weight excluding hydrogens is 391 g/mol. The Morgan fingerprint density at radius 2 is 1.67 bits per heavy atom. The zero-order chi connectivity index (χ0) is 16.6. The van der Waals surface area contributed by atoms with Gasteiger partial charge in [-0.1, -0.05) is 53.5 Å². The minimum absolute atomic E-state index is 0. The Labute approximate surface area is 158 Å². The summed E-state index contributed by atoms with van der Waals surface area (Å²) < 4.78 is 27.0. The molecule has 0 bridgehead atoms. The summed E-state index contributed by atoms with van der Waals surface area (Å²) in [5.41, 5.74) is 7.22. The van der Waals surface area contributed by atoms with Gasteiger partial charge in [-0.3, -0.25) is 0 Å². The molecule has 0 aliphatic carbocycles. The van der Waals surface area contributed by atoms with Gasteiger partial charge in [0.25, 0.3) is 0 Å². The number of benzene rings is 2. The van der Waals surface area contributed by atoms with Gasteiger partial charge in [0.15, 0.2) is 0 Å². The lowest BCUT2D eigenvalue weighted by Gasteiger charge is -2.17. The molecule has 24 heavy (non-hydrogen) atoms.